The Morgan fingerprint density at radius 2 is 1.67 bits per heavy atom. The fourth-order valence-electron chi connectivity index (χ4n) is 2.79. The van der Waals surface area contributed by atoms with E-state index in [1.54, 1.807) is 36.4 Å². The smallest absolute Gasteiger partial charge is 0.383 e. The molecule has 0 N–H and O–H groups in total. The van der Waals surface area contributed by atoms with Crippen molar-refractivity contribution < 1.29 is 18.8 Å². The van der Waals surface area contributed by atoms with Crippen LogP contribution in [0.3, 0.4) is 0 Å². The lowest BCUT2D eigenvalue weighted by Gasteiger charge is -2.05. The number of para-hydroxylation sites is 1. The Labute approximate surface area is 169 Å². The summed E-state index contributed by atoms with van der Waals surface area (Å²) >= 11 is 0. The number of hydrogen-bond acceptors (Lipinski definition) is 6. The second-order valence-electron chi connectivity index (χ2n) is 6.13. The summed E-state index contributed by atoms with van der Waals surface area (Å²) in [5.41, 5.74) is 0.805. The third-order valence-electron chi connectivity index (χ3n) is 4.14. The summed E-state index contributed by atoms with van der Waals surface area (Å²) in [6.45, 7) is 0. The lowest BCUT2D eigenvalue weighted by molar-refractivity contribution is -0.385. The van der Waals surface area contributed by atoms with Crippen molar-refractivity contribution in [2.45, 2.75) is 0 Å². The summed E-state index contributed by atoms with van der Waals surface area (Å²) in [4.78, 5) is 27.3. The van der Waals surface area contributed by atoms with Crippen molar-refractivity contribution in [3.05, 3.63) is 101 Å². The number of nitro groups is 1. The van der Waals surface area contributed by atoms with Gasteiger partial charge in [0.1, 0.15) is 5.82 Å². The highest BCUT2D eigenvalue weighted by Gasteiger charge is 2.24. The number of nitro benzene ring substituents is 1. The molecule has 3 aromatic carbocycles. The van der Waals surface area contributed by atoms with Crippen LogP contribution < -0.4 is 4.74 Å². The molecule has 0 aliphatic rings. The van der Waals surface area contributed by atoms with E-state index < -0.39 is 28.1 Å². The van der Waals surface area contributed by atoms with Crippen LogP contribution >= 0.6 is 0 Å². The highest BCUT2D eigenvalue weighted by molar-refractivity contribution is 5.88. The quantitative estimate of drug-likeness (QED) is 0.214. The molecule has 0 saturated carbocycles. The van der Waals surface area contributed by atoms with Gasteiger partial charge in [-0.05, 0) is 18.2 Å². The van der Waals surface area contributed by atoms with Crippen LogP contribution in [-0.4, -0.2) is 25.7 Å². The second kappa shape index (κ2) is 7.92. The standard InChI is InChI=1S/C21H13FN4O4/c22-15-11-12-17(26(28)29)18(13-15)30-21(27)19-23-20(14-7-3-1-4-8-14)25(24-19)16-9-5-2-6-10-16/h1-13H. The zero-order chi connectivity index (χ0) is 21.1. The van der Waals surface area contributed by atoms with E-state index in [2.05, 4.69) is 10.1 Å². The van der Waals surface area contributed by atoms with Gasteiger partial charge in [0, 0.05) is 17.7 Å². The van der Waals surface area contributed by atoms with Gasteiger partial charge in [0.15, 0.2) is 5.82 Å². The molecule has 1 heterocycles. The van der Waals surface area contributed by atoms with Gasteiger partial charge in [-0.25, -0.2) is 18.9 Å². The van der Waals surface area contributed by atoms with Crippen LogP contribution in [0.1, 0.15) is 10.6 Å². The van der Waals surface area contributed by atoms with E-state index in [0.717, 1.165) is 18.2 Å². The maximum Gasteiger partial charge on any atom is 0.383 e. The third-order valence-corrected chi connectivity index (χ3v) is 4.14. The first-order valence-electron chi connectivity index (χ1n) is 8.77. The van der Waals surface area contributed by atoms with Gasteiger partial charge in [-0.15, -0.1) is 5.10 Å². The first-order valence-corrected chi connectivity index (χ1v) is 8.77. The van der Waals surface area contributed by atoms with Gasteiger partial charge in [0.2, 0.25) is 5.75 Å². The maximum absolute atomic E-state index is 13.5. The van der Waals surface area contributed by atoms with Crippen LogP contribution in [0.25, 0.3) is 17.1 Å². The number of esters is 1. The summed E-state index contributed by atoms with van der Waals surface area (Å²) in [6.07, 6.45) is 0. The van der Waals surface area contributed by atoms with Crippen molar-refractivity contribution in [2.24, 2.45) is 0 Å². The van der Waals surface area contributed by atoms with Crippen LogP contribution in [0.2, 0.25) is 0 Å². The molecule has 0 radical (unpaired) electrons. The number of aromatic nitrogens is 3. The second-order valence-corrected chi connectivity index (χ2v) is 6.13. The van der Waals surface area contributed by atoms with Gasteiger partial charge in [-0.2, -0.15) is 0 Å². The predicted molar refractivity (Wildman–Crippen MR) is 105 cm³/mol. The Kier molecular flexibility index (Phi) is 5.00. The minimum absolute atomic E-state index is 0.323. The van der Waals surface area contributed by atoms with E-state index in [1.165, 1.54) is 4.68 Å². The molecule has 0 atom stereocenters. The number of halogens is 1. The zero-order valence-corrected chi connectivity index (χ0v) is 15.3. The molecule has 0 saturated heterocycles. The molecule has 0 bridgehead atoms. The van der Waals surface area contributed by atoms with Crippen molar-refractivity contribution in [1.82, 2.24) is 14.8 Å². The highest BCUT2D eigenvalue weighted by atomic mass is 19.1. The normalized spacial score (nSPS) is 10.6. The van der Waals surface area contributed by atoms with Crippen molar-refractivity contribution in [3.8, 4) is 22.8 Å². The SMILES string of the molecule is O=C(Oc1cc(F)ccc1[N+](=O)[O-])c1nc(-c2ccccc2)n(-c2ccccc2)n1. The van der Waals surface area contributed by atoms with Crippen LogP contribution in [0, 0.1) is 15.9 Å². The fraction of sp³-hybridized carbons (Fsp3) is 0. The Balaban J connectivity index is 1.75. The van der Waals surface area contributed by atoms with Gasteiger partial charge >= 0.3 is 11.7 Å². The first-order chi connectivity index (χ1) is 14.5. The molecule has 1 aromatic heterocycles. The molecule has 0 fully saturated rings. The lowest BCUT2D eigenvalue weighted by atomic mass is 10.2. The fourth-order valence-corrected chi connectivity index (χ4v) is 2.79. The van der Waals surface area contributed by atoms with E-state index in [-0.39, 0.29) is 5.82 Å². The molecule has 4 aromatic rings. The summed E-state index contributed by atoms with van der Waals surface area (Å²) in [5.74, 6) is -2.30. The number of rotatable bonds is 5. The molecule has 0 aliphatic carbocycles. The van der Waals surface area contributed by atoms with Crippen LogP contribution in [0.15, 0.2) is 78.9 Å². The summed E-state index contributed by atoms with van der Waals surface area (Å²) in [6, 6.07) is 20.7. The molecule has 148 valence electrons. The van der Waals surface area contributed by atoms with Crippen molar-refractivity contribution in [3.63, 3.8) is 0 Å². The topological polar surface area (TPSA) is 100 Å². The van der Waals surface area contributed by atoms with Crippen LogP contribution in [0.4, 0.5) is 10.1 Å². The van der Waals surface area contributed by atoms with Gasteiger partial charge in [-0.1, -0.05) is 48.5 Å². The third kappa shape index (κ3) is 3.76. The zero-order valence-electron chi connectivity index (χ0n) is 15.3. The number of nitrogens with zero attached hydrogens (tertiary/aromatic N) is 4. The molecule has 8 nitrogen and oxygen atoms in total. The highest BCUT2D eigenvalue weighted by Crippen LogP contribution is 2.28. The minimum atomic E-state index is -1.05. The van der Waals surface area contributed by atoms with Gasteiger partial charge in [0.05, 0.1) is 10.6 Å². The maximum atomic E-state index is 13.5. The van der Waals surface area contributed by atoms with Gasteiger partial charge in [0.25, 0.3) is 5.82 Å². The van der Waals surface area contributed by atoms with Gasteiger partial charge < -0.3 is 4.74 Å². The Morgan fingerprint density at radius 1 is 1.00 bits per heavy atom. The molecule has 0 spiro atoms. The number of carbonyl (C=O) groups is 1. The summed E-state index contributed by atoms with van der Waals surface area (Å²) in [7, 11) is 0. The summed E-state index contributed by atoms with van der Waals surface area (Å²) < 4.78 is 20.0. The minimum Gasteiger partial charge on any atom is -0.413 e. The van der Waals surface area contributed by atoms with Gasteiger partial charge in [-0.3, -0.25) is 10.1 Å². The number of benzene rings is 3. The van der Waals surface area contributed by atoms with E-state index in [4.69, 9.17) is 4.74 Å². The Hall–Kier alpha value is -4.40. The van der Waals surface area contributed by atoms with E-state index in [1.807, 2.05) is 24.3 Å². The molecular formula is C21H13FN4O4. The molecule has 0 amide bonds. The van der Waals surface area contributed by atoms with Crippen LogP contribution in [-0.2, 0) is 0 Å². The molecule has 0 unspecified atom stereocenters. The number of hydrogen-bond donors (Lipinski definition) is 0. The average molecular weight is 404 g/mol. The van der Waals surface area contributed by atoms with Crippen molar-refractivity contribution in [2.75, 3.05) is 0 Å². The lowest BCUT2D eigenvalue weighted by Crippen LogP contribution is -2.12. The average Bonchev–Trinajstić information content (AvgIpc) is 3.20. The molecule has 30 heavy (non-hydrogen) atoms. The molecular weight excluding hydrogens is 391 g/mol. The molecule has 9 heteroatoms. The summed E-state index contributed by atoms with van der Waals surface area (Å²) in [5, 5.41) is 15.4. The number of carbonyl (C=O) groups excluding carboxylic acids is 1. The molecule has 4 rings (SSSR count). The largest absolute Gasteiger partial charge is 0.413 e. The monoisotopic (exact) mass is 404 g/mol. The molecule has 0 aliphatic heterocycles. The Morgan fingerprint density at radius 3 is 2.33 bits per heavy atom. The van der Waals surface area contributed by atoms with Crippen molar-refractivity contribution in [1.29, 1.82) is 0 Å². The van der Waals surface area contributed by atoms with E-state index in [9.17, 15) is 19.3 Å². The van der Waals surface area contributed by atoms with E-state index >= 15 is 0 Å². The first kappa shape index (κ1) is 18.9. The van der Waals surface area contributed by atoms with E-state index in [0.29, 0.717) is 17.1 Å². The Bertz CT molecular complexity index is 1170. The predicted octanol–water partition coefficient (Wildman–Crippen LogP) is 4.20. The number of ether oxygens (including phenoxy) is 1. The van der Waals surface area contributed by atoms with Crippen molar-refractivity contribution >= 4 is 11.7 Å². The van der Waals surface area contributed by atoms with Crippen LogP contribution in [0.5, 0.6) is 5.75 Å².